The van der Waals surface area contributed by atoms with Gasteiger partial charge in [0, 0.05) is 31.8 Å². The van der Waals surface area contributed by atoms with E-state index in [-0.39, 0.29) is 37.9 Å². The maximum Gasteiger partial charge on any atom is 0.306 e. The standard InChI is InChI=1S/C20H37NO7/c1-3-5-7-9-17(23)27-13-14(28-18(24)10-8-6-4-2)11-15-19(25)20(26)16(22)12-21-15/h14-16,19-22,25-26H,3-13H2,1-2H3/t14-,15-,16-,19+,20+/m1/s1. The highest BCUT2D eigenvalue weighted by molar-refractivity contribution is 5.70. The molecule has 8 nitrogen and oxygen atoms in total. The molecule has 0 bridgehead atoms. The van der Waals surface area contributed by atoms with Gasteiger partial charge in [0.25, 0.3) is 0 Å². The number of carbonyl (C=O) groups is 2. The van der Waals surface area contributed by atoms with Crippen molar-refractivity contribution in [3.8, 4) is 0 Å². The molecular formula is C20H37NO7. The Kier molecular flexibility index (Phi) is 12.3. The number of aliphatic hydroxyl groups excluding tert-OH is 3. The molecule has 0 spiro atoms. The number of unbranched alkanes of at least 4 members (excludes halogenated alkanes) is 4. The Morgan fingerprint density at radius 2 is 1.57 bits per heavy atom. The van der Waals surface area contributed by atoms with Crippen molar-refractivity contribution in [1.82, 2.24) is 5.32 Å². The summed E-state index contributed by atoms with van der Waals surface area (Å²) in [5.74, 6) is -0.709. The molecule has 1 saturated heterocycles. The van der Waals surface area contributed by atoms with Gasteiger partial charge < -0.3 is 30.1 Å². The van der Waals surface area contributed by atoms with E-state index >= 15 is 0 Å². The molecule has 28 heavy (non-hydrogen) atoms. The van der Waals surface area contributed by atoms with E-state index in [1.54, 1.807) is 0 Å². The van der Waals surface area contributed by atoms with E-state index in [1.807, 2.05) is 13.8 Å². The quantitative estimate of drug-likeness (QED) is 0.266. The average Bonchev–Trinajstić information content (AvgIpc) is 2.67. The molecule has 0 unspecified atom stereocenters. The van der Waals surface area contributed by atoms with Crippen molar-refractivity contribution in [2.45, 2.75) is 102 Å². The van der Waals surface area contributed by atoms with E-state index in [0.717, 1.165) is 38.5 Å². The molecule has 0 saturated carbocycles. The lowest BCUT2D eigenvalue weighted by Crippen LogP contribution is -2.60. The van der Waals surface area contributed by atoms with Crippen LogP contribution in [0.1, 0.15) is 71.6 Å². The van der Waals surface area contributed by atoms with Gasteiger partial charge in [-0.3, -0.25) is 9.59 Å². The highest BCUT2D eigenvalue weighted by Crippen LogP contribution is 2.17. The van der Waals surface area contributed by atoms with Crippen LogP contribution in [-0.2, 0) is 19.1 Å². The van der Waals surface area contributed by atoms with Gasteiger partial charge in [0.15, 0.2) is 0 Å². The fourth-order valence-electron chi connectivity index (χ4n) is 3.18. The number of rotatable bonds is 13. The third-order valence-electron chi connectivity index (χ3n) is 4.96. The minimum Gasteiger partial charge on any atom is -0.462 e. The third-order valence-corrected chi connectivity index (χ3v) is 4.96. The number of ether oxygens (including phenoxy) is 2. The predicted octanol–water partition coefficient (Wildman–Crippen LogP) is 1.05. The van der Waals surface area contributed by atoms with Gasteiger partial charge in [-0.25, -0.2) is 0 Å². The molecule has 0 amide bonds. The summed E-state index contributed by atoms with van der Waals surface area (Å²) in [5, 5.41) is 32.6. The topological polar surface area (TPSA) is 125 Å². The van der Waals surface area contributed by atoms with Crippen LogP contribution in [0.4, 0.5) is 0 Å². The minimum atomic E-state index is -1.27. The van der Waals surface area contributed by atoms with Gasteiger partial charge in [0.1, 0.15) is 18.8 Å². The summed E-state index contributed by atoms with van der Waals surface area (Å²) in [6, 6.07) is -0.578. The van der Waals surface area contributed by atoms with Gasteiger partial charge >= 0.3 is 11.9 Å². The van der Waals surface area contributed by atoms with Gasteiger partial charge in [0.2, 0.25) is 0 Å². The van der Waals surface area contributed by atoms with E-state index in [4.69, 9.17) is 9.47 Å². The first-order chi connectivity index (χ1) is 13.4. The zero-order valence-electron chi connectivity index (χ0n) is 17.1. The molecule has 8 heteroatoms. The summed E-state index contributed by atoms with van der Waals surface area (Å²) in [6.45, 7) is 4.13. The van der Waals surface area contributed by atoms with Gasteiger partial charge in [-0.1, -0.05) is 39.5 Å². The number of hydrogen-bond donors (Lipinski definition) is 4. The molecule has 1 aliphatic rings. The van der Waals surface area contributed by atoms with Crippen molar-refractivity contribution >= 4 is 11.9 Å². The van der Waals surface area contributed by atoms with E-state index in [2.05, 4.69) is 5.32 Å². The largest absolute Gasteiger partial charge is 0.462 e. The zero-order chi connectivity index (χ0) is 20.9. The highest BCUT2D eigenvalue weighted by atomic mass is 16.6. The molecule has 0 aliphatic carbocycles. The van der Waals surface area contributed by atoms with Crippen LogP contribution in [0.5, 0.6) is 0 Å². The summed E-state index contributed by atoms with van der Waals surface area (Å²) in [6.07, 6.45) is 1.88. The lowest BCUT2D eigenvalue weighted by atomic mass is 9.92. The fourth-order valence-corrected chi connectivity index (χ4v) is 3.18. The molecule has 1 rings (SSSR count). The Balaban J connectivity index is 2.58. The molecule has 0 aromatic heterocycles. The molecule has 164 valence electrons. The first kappa shape index (κ1) is 24.8. The SMILES string of the molecule is CCCCCC(=O)OC[C@@H](C[C@H]1NC[C@@H](O)[C@H](O)[C@H]1O)OC(=O)CCCCC. The number of aliphatic hydroxyl groups is 3. The second kappa shape index (κ2) is 13.9. The summed E-state index contributed by atoms with van der Waals surface area (Å²) in [4.78, 5) is 24.0. The van der Waals surface area contributed by atoms with Crippen molar-refractivity contribution in [2.75, 3.05) is 13.2 Å². The first-order valence-electron chi connectivity index (χ1n) is 10.5. The van der Waals surface area contributed by atoms with Crippen LogP contribution in [0.15, 0.2) is 0 Å². The Morgan fingerprint density at radius 1 is 0.964 bits per heavy atom. The number of nitrogens with one attached hydrogen (secondary N) is 1. The van der Waals surface area contributed by atoms with Crippen LogP contribution < -0.4 is 5.32 Å². The summed E-state index contributed by atoms with van der Waals surface area (Å²) < 4.78 is 10.7. The second-order valence-electron chi connectivity index (χ2n) is 7.51. The van der Waals surface area contributed by atoms with Crippen molar-refractivity contribution in [3.63, 3.8) is 0 Å². The fraction of sp³-hybridized carbons (Fsp3) is 0.900. The molecule has 5 atom stereocenters. The molecule has 1 fully saturated rings. The molecular weight excluding hydrogens is 366 g/mol. The normalized spacial score (nSPS) is 25.9. The van der Waals surface area contributed by atoms with E-state index < -0.39 is 30.5 Å². The monoisotopic (exact) mass is 403 g/mol. The van der Waals surface area contributed by atoms with E-state index in [0.29, 0.717) is 6.42 Å². The maximum atomic E-state index is 12.1. The van der Waals surface area contributed by atoms with Crippen LogP contribution >= 0.6 is 0 Å². The van der Waals surface area contributed by atoms with Crippen molar-refractivity contribution in [3.05, 3.63) is 0 Å². The van der Waals surface area contributed by atoms with Crippen LogP contribution in [-0.4, -0.2) is 70.9 Å². The number of piperidine rings is 1. The molecule has 1 heterocycles. The molecule has 4 N–H and O–H groups in total. The smallest absolute Gasteiger partial charge is 0.306 e. The molecule has 0 aromatic rings. The van der Waals surface area contributed by atoms with Crippen LogP contribution in [0.25, 0.3) is 0 Å². The van der Waals surface area contributed by atoms with Crippen LogP contribution in [0.2, 0.25) is 0 Å². The number of carbonyl (C=O) groups excluding carboxylic acids is 2. The van der Waals surface area contributed by atoms with Crippen molar-refractivity contribution < 1.29 is 34.4 Å². The lowest BCUT2D eigenvalue weighted by Gasteiger charge is -2.37. The summed E-state index contributed by atoms with van der Waals surface area (Å²) in [5.41, 5.74) is 0. The van der Waals surface area contributed by atoms with Gasteiger partial charge in [-0.2, -0.15) is 0 Å². The maximum absolute atomic E-state index is 12.1. The number of hydrogen-bond acceptors (Lipinski definition) is 8. The lowest BCUT2D eigenvalue weighted by molar-refractivity contribution is -0.162. The zero-order valence-corrected chi connectivity index (χ0v) is 17.1. The third kappa shape index (κ3) is 9.32. The van der Waals surface area contributed by atoms with E-state index in [1.165, 1.54) is 0 Å². The number of esters is 2. The average molecular weight is 404 g/mol. The highest BCUT2D eigenvalue weighted by Gasteiger charge is 2.38. The molecule has 0 aromatic carbocycles. The first-order valence-corrected chi connectivity index (χ1v) is 10.5. The van der Waals surface area contributed by atoms with Crippen molar-refractivity contribution in [2.24, 2.45) is 0 Å². The van der Waals surface area contributed by atoms with Crippen LogP contribution in [0, 0.1) is 0 Å². The number of β-amino-alcohol motifs (C(OH)–C–C–N with tert-alkyl or cyclic N) is 1. The van der Waals surface area contributed by atoms with Gasteiger partial charge in [0.05, 0.1) is 12.2 Å². The van der Waals surface area contributed by atoms with Gasteiger partial charge in [-0.15, -0.1) is 0 Å². The summed E-state index contributed by atoms with van der Waals surface area (Å²) in [7, 11) is 0. The molecule has 0 radical (unpaired) electrons. The molecule has 1 aliphatic heterocycles. The van der Waals surface area contributed by atoms with Crippen molar-refractivity contribution in [1.29, 1.82) is 0 Å². The second-order valence-corrected chi connectivity index (χ2v) is 7.51. The minimum absolute atomic E-state index is 0.0893. The predicted molar refractivity (Wildman–Crippen MR) is 104 cm³/mol. The Bertz CT molecular complexity index is 460. The Labute approximate surface area is 167 Å². The van der Waals surface area contributed by atoms with Crippen LogP contribution in [0.3, 0.4) is 0 Å². The van der Waals surface area contributed by atoms with E-state index in [9.17, 15) is 24.9 Å². The Hall–Kier alpha value is -1.22. The Morgan fingerprint density at radius 3 is 2.18 bits per heavy atom. The van der Waals surface area contributed by atoms with Gasteiger partial charge in [-0.05, 0) is 12.8 Å². The summed E-state index contributed by atoms with van der Waals surface area (Å²) >= 11 is 0.